The van der Waals surface area contributed by atoms with Crippen LogP contribution in [-0.4, -0.2) is 11.1 Å². The summed E-state index contributed by atoms with van der Waals surface area (Å²) in [4.78, 5) is 11.5. The summed E-state index contributed by atoms with van der Waals surface area (Å²) in [5.41, 5.74) is -1.22. The molecule has 0 aliphatic heterocycles. The molecule has 1 aliphatic carbocycles. The van der Waals surface area contributed by atoms with E-state index in [1.54, 1.807) is 24.3 Å². The molecule has 17 heavy (non-hydrogen) atoms. The average molecular weight is 236 g/mol. The number of alkyl halides is 1. The molecule has 0 unspecified atom stereocenters. The molecule has 0 amide bonds. The minimum Gasteiger partial charge on any atom is -0.481 e. The molecule has 1 aliphatic rings. The number of benzene rings is 1. The van der Waals surface area contributed by atoms with Gasteiger partial charge in [-0.1, -0.05) is 30.7 Å². The Morgan fingerprint density at radius 1 is 1.35 bits per heavy atom. The molecule has 3 heteroatoms. The molecule has 2 nitrogen and oxygen atoms in total. The lowest BCUT2D eigenvalue weighted by atomic mass is 9.62. The van der Waals surface area contributed by atoms with Crippen molar-refractivity contribution in [2.24, 2.45) is 0 Å². The lowest BCUT2D eigenvalue weighted by Gasteiger charge is -2.40. The van der Waals surface area contributed by atoms with Crippen molar-refractivity contribution in [1.82, 2.24) is 0 Å². The molecule has 1 aromatic rings. The molecule has 1 saturated carbocycles. The summed E-state index contributed by atoms with van der Waals surface area (Å²) in [6.07, 6.45) is 2.11. The second-order valence-corrected chi connectivity index (χ2v) is 5.26. The molecule has 1 N–H and O–H groups in total. The summed E-state index contributed by atoms with van der Waals surface area (Å²) in [6.45, 7) is 2.94. The Kier molecular flexibility index (Phi) is 2.72. The third-order valence-electron chi connectivity index (χ3n) is 3.70. The van der Waals surface area contributed by atoms with Crippen LogP contribution >= 0.6 is 0 Å². The number of halogens is 1. The van der Waals surface area contributed by atoms with E-state index >= 15 is 0 Å². The van der Waals surface area contributed by atoms with Gasteiger partial charge in [0.05, 0.1) is 5.41 Å². The van der Waals surface area contributed by atoms with Crippen LogP contribution in [0.4, 0.5) is 4.39 Å². The van der Waals surface area contributed by atoms with Gasteiger partial charge in [0.15, 0.2) is 0 Å². The first-order valence-corrected chi connectivity index (χ1v) is 5.90. The van der Waals surface area contributed by atoms with E-state index in [1.807, 2.05) is 0 Å². The minimum atomic E-state index is -1.51. The van der Waals surface area contributed by atoms with Gasteiger partial charge in [0.2, 0.25) is 0 Å². The van der Waals surface area contributed by atoms with Crippen LogP contribution < -0.4 is 0 Å². The highest BCUT2D eigenvalue weighted by atomic mass is 19.1. The number of rotatable bonds is 3. The Bertz CT molecular complexity index is 442. The zero-order valence-electron chi connectivity index (χ0n) is 10.2. The third-order valence-corrected chi connectivity index (χ3v) is 3.70. The number of carboxylic acids is 1. The molecule has 0 bridgehead atoms. The van der Waals surface area contributed by atoms with Crippen LogP contribution in [-0.2, 0) is 15.9 Å². The molecule has 2 rings (SSSR count). The molecule has 92 valence electrons. The maximum atomic E-state index is 14.1. The van der Waals surface area contributed by atoms with Gasteiger partial charge in [0.1, 0.15) is 5.67 Å². The van der Waals surface area contributed by atoms with Crippen molar-refractivity contribution in [3.05, 3.63) is 35.4 Å². The van der Waals surface area contributed by atoms with Crippen molar-refractivity contribution < 1.29 is 14.3 Å². The second-order valence-electron chi connectivity index (χ2n) is 5.26. The van der Waals surface area contributed by atoms with Crippen LogP contribution in [0.1, 0.15) is 44.2 Å². The van der Waals surface area contributed by atoms with Gasteiger partial charge in [0, 0.05) is 0 Å². The molecule has 0 aromatic heterocycles. The van der Waals surface area contributed by atoms with Crippen molar-refractivity contribution in [1.29, 1.82) is 0 Å². The van der Waals surface area contributed by atoms with Crippen molar-refractivity contribution in [3.8, 4) is 0 Å². The number of carboxylic acid groups (broad SMARTS) is 1. The van der Waals surface area contributed by atoms with Gasteiger partial charge in [-0.25, -0.2) is 4.39 Å². The van der Waals surface area contributed by atoms with Crippen molar-refractivity contribution in [3.63, 3.8) is 0 Å². The van der Waals surface area contributed by atoms with Crippen LogP contribution in [0.25, 0.3) is 0 Å². The molecular weight excluding hydrogens is 219 g/mol. The largest absolute Gasteiger partial charge is 0.481 e. The number of hydrogen-bond acceptors (Lipinski definition) is 1. The summed E-state index contributed by atoms with van der Waals surface area (Å²) in [6, 6.07) is 6.99. The quantitative estimate of drug-likeness (QED) is 0.873. The first-order valence-electron chi connectivity index (χ1n) is 5.90. The highest BCUT2D eigenvalue weighted by Gasteiger charge is 2.48. The summed E-state index contributed by atoms with van der Waals surface area (Å²) in [5.74, 6) is -0.833. The Balaban J connectivity index is 2.56. The van der Waals surface area contributed by atoms with Gasteiger partial charge < -0.3 is 5.11 Å². The summed E-state index contributed by atoms with van der Waals surface area (Å²) in [5, 5.41) is 9.40. The monoisotopic (exact) mass is 236 g/mol. The van der Waals surface area contributed by atoms with Crippen molar-refractivity contribution in [2.45, 2.75) is 44.2 Å². The zero-order valence-corrected chi connectivity index (χ0v) is 10.2. The van der Waals surface area contributed by atoms with E-state index in [9.17, 15) is 14.3 Å². The number of carbonyl (C=O) groups is 1. The first-order chi connectivity index (χ1) is 7.88. The maximum Gasteiger partial charge on any atom is 0.314 e. The van der Waals surface area contributed by atoms with Gasteiger partial charge in [0.25, 0.3) is 0 Å². The van der Waals surface area contributed by atoms with Crippen molar-refractivity contribution >= 4 is 5.97 Å². The smallest absolute Gasteiger partial charge is 0.314 e. The van der Waals surface area contributed by atoms with E-state index in [1.165, 1.54) is 13.8 Å². The lowest BCUT2D eigenvalue weighted by molar-refractivity contribution is -0.147. The Hall–Kier alpha value is -1.38. The fourth-order valence-electron chi connectivity index (χ4n) is 2.55. The van der Waals surface area contributed by atoms with Crippen LogP contribution in [0.15, 0.2) is 24.3 Å². The van der Waals surface area contributed by atoms with E-state index in [4.69, 9.17) is 0 Å². The van der Waals surface area contributed by atoms with Crippen molar-refractivity contribution in [2.75, 3.05) is 0 Å². The third kappa shape index (κ3) is 1.84. The van der Waals surface area contributed by atoms with Gasteiger partial charge >= 0.3 is 5.97 Å². The normalized spacial score (nSPS) is 18.5. The summed E-state index contributed by atoms with van der Waals surface area (Å²) in [7, 11) is 0. The summed E-state index contributed by atoms with van der Waals surface area (Å²) >= 11 is 0. The van der Waals surface area contributed by atoms with Gasteiger partial charge in [-0.2, -0.15) is 0 Å². The molecular formula is C14H17FO2. The number of hydrogen-bond donors (Lipinski definition) is 1. The zero-order chi connectivity index (χ0) is 12.7. The van der Waals surface area contributed by atoms with E-state index < -0.39 is 17.1 Å². The predicted molar refractivity (Wildman–Crippen MR) is 63.7 cm³/mol. The number of aliphatic carboxylic acids is 1. The molecule has 0 saturated heterocycles. The molecule has 0 atom stereocenters. The maximum absolute atomic E-state index is 14.1. The highest BCUT2D eigenvalue weighted by molar-refractivity contribution is 5.83. The van der Waals surface area contributed by atoms with E-state index in [0.717, 1.165) is 6.42 Å². The highest BCUT2D eigenvalue weighted by Crippen LogP contribution is 2.47. The summed E-state index contributed by atoms with van der Waals surface area (Å²) < 4.78 is 14.1. The van der Waals surface area contributed by atoms with Gasteiger partial charge in [-0.15, -0.1) is 0 Å². The van der Waals surface area contributed by atoms with E-state index in [2.05, 4.69) is 0 Å². The fourth-order valence-corrected chi connectivity index (χ4v) is 2.55. The first kappa shape index (κ1) is 12.1. The Morgan fingerprint density at radius 2 is 1.94 bits per heavy atom. The van der Waals surface area contributed by atoms with E-state index in [0.29, 0.717) is 24.0 Å². The Morgan fingerprint density at radius 3 is 2.35 bits per heavy atom. The fraction of sp³-hybridized carbons (Fsp3) is 0.500. The van der Waals surface area contributed by atoms with E-state index in [-0.39, 0.29) is 0 Å². The molecule has 0 spiro atoms. The average Bonchev–Trinajstić information content (AvgIpc) is 2.14. The standard InChI is InChI=1S/C14H17FO2/c1-13(2,15)10-6-3-4-7-11(10)14(12(16)17)8-5-9-14/h3-4,6-7H,5,8-9H2,1-2H3,(H,16,17). The second kappa shape index (κ2) is 3.83. The van der Waals surface area contributed by atoms with Crippen LogP contribution in [0.3, 0.4) is 0 Å². The van der Waals surface area contributed by atoms with Gasteiger partial charge in [-0.05, 0) is 37.8 Å². The van der Waals surface area contributed by atoms with Crippen LogP contribution in [0.2, 0.25) is 0 Å². The molecule has 0 radical (unpaired) electrons. The topological polar surface area (TPSA) is 37.3 Å². The van der Waals surface area contributed by atoms with Crippen LogP contribution in [0.5, 0.6) is 0 Å². The Labute approximate surface area is 100 Å². The molecule has 0 heterocycles. The predicted octanol–water partition coefficient (Wildman–Crippen LogP) is 3.40. The lowest BCUT2D eigenvalue weighted by Crippen LogP contribution is -2.43. The van der Waals surface area contributed by atoms with Gasteiger partial charge in [-0.3, -0.25) is 4.79 Å². The SMILES string of the molecule is CC(C)(F)c1ccccc1C1(C(=O)O)CCC1. The minimum absolute atomic E-state index is 0.502. The van der Waals surface area contributed by atoms with Crippen LogP contribution in [0, 0.1) is 0 Å². The molecule has 1 aromatic carbocycles. The molecule has 1 fully saturated rings.